The van der Waals surface area contributed by atoms with Gasteiger partial charge in [0.2, 0.25) is 10.0 Å². The molecule has 3 nitrogen and oxygen atoms in total. The lowest BCUT2D eigenvalue weighted by Crippen LogP contribution is -2.22. The second-order valence-electron chi connectivity index (χ2n) is 4.89. The molecule has 0 aliphatic heterocycles. The standard InChI is InChI=1S/C16H15NO2S2/c1-12-6-8-15(9-7-12)21(18,19)17-11-14-10-13-4-2-3-5-16(13)20-14/h2-10,17H,11H2,1H3. The normalized spacial score (nSPS) is 11.9. The van der Waals surface area contributed by atoms with Gasteiger partial charge < -0.3 is 0 Å². The Morgan fingerprint density at radius 3 is 2.48 bits per heavy atom. The van der Waals surface area contributed by atoms with E-state index in [-0.39, 0.29) is 0 Å². The number of nitrogens with one attached hydrogen (secondary N) is 1. The number of hydrogen-bond acceptors (Lipinski definition) is 3. The van der Waals surface area contributed by atoms with E-state index in [0.717, 1.165) is 15.8 Å². The van der Waals surface area contributed by atoms with Crippen LogP contribution in [0, 0.1) is 6.92 Å². The minimum atomic E-state index is -3.46. The molecule has 1 heterocycles. The van der Waals surface area contributed by atoms with Gasteiger partial charge in [0.25, 0.3) is 0 Å². The van der Waals surface area contributed by atoms with Gasteiger partial charge in [0.05, 0.1) is 4.90 Å². The second kappa shape index (κ2) is 5.60. The summed E-state index contributed by atoms with van der Waals surface area (Å²) >= 11 is 1.61. The highest BCUT2D eigenvalue weighted by molar-refractivity contribution is 7.89. The van der Waals surface area contributed by atoms with Crippen LogP contribution in [0.3, 0.4) is 0 Å². The largest absolute Gasteiger partial charge is 0.240 e. The average molecular weight is 317 g/mol. The topological polar surface area (TPSA) is 46.2 Å². The van der Waals surface area contributed by atoms with Crippen LogP contribution in [0.2, 0.25) is 0 Å². The maximum Gasteiger partial charge on any atom is 0.240 e. The first kappa shape index (κ1) is 14.3. The van der Waals surface area contributed by atoms with Crippen molar-refractivity contribution in [3.63, 3.8) is 0 Å². The number of aryl methyl sites for hydroxylation is 1. The van der Waals surface area contributed by atoms with Crippen LogP contribution in [-0.2, 0) is 16.6 Å². The van der Waals surface area contributed by atoms with Gasteiger partial charge in [-0.1, -0.05) is 35.9 Å². The van der Waals surface area contributed by atoms with Gasteiger partial charge in [-0.25, -0.2) is 13.1 Å². The van der Waals surface area contributed by atoms with Gasteiger partial charge in [-0.15, -0.1) is 11.3 Å². The van der Waals surface area contributed by atoms with E-state index in [0.29, 0.717) is 11.4 Å². The Labute approximate surface area is 128 Å². The minimum absolute atomic E-state index is 0.300. The van der Waals surface area contributed by atoms with Crippen molar-refractivity contribution in [3.05, 3.63) is 65.0 Å². The molecule has 0 aliphatic carbocycles. The van der Waals surface area contributed by atoms with Crippen molar-refractivity contribution in [2.75, 3.05) is 0 Å². The molecule has 0 amide bonds. The smallest absolute Gasteiger partial charge is 0.207 e. The summed E-state index contributed by atoms with van der Waals surface area (Å²) < 4.78 is 28.3. The molecule has 0 bridgehead atoms. The third-order valence-electron chi connectivity index (χ3n) is 3.24. The van der Waals surface area contributed by atoms with Crippen molar-refractivity contribution in [2.24, 2.45) is 0 Å². The Balaban J connectivity index is 1.78. The molecule has 0 aliphatic rings. The summed E-state index contributed by atoms with van der Waals surface area (Å²) in [6.07, 6.45) is 0. The van der Waals surface area contributed by atoms with Gasteiger partial charge >= 0.3 is 0 Å². The molecule has 0 unspecified atom stereocenters. The Hall–Kier alpha value is -1.69. The Morgan fingerprint density at radius 1 is 1.05 bits per heavy atom. The Kier molecular flexibility index (Phi) is 3.80. The molecule has 21 heavy (non-hydrogen) atoms. The monoisotopic (exact) mass is 317 g/mol. The summed E-state index contributed by atoms with van der Waals surface area (Å²) in [6, 6.07) is 16.9. The van der Waals surface area contributed by atoms with E-state index in [4.69, 9.17) is 0 Å². The summed E-state index contributed by atoms with van der Waals surface area (Å²) in [4.78, 5) is 1.31. The zero-order valence-corrected chi connectivity index (χ0v) is 13.2. The lowest BCUT2D eigenvalue weighted by atomic mass is 10.2. The van der Waals surface area contributed by atoms with Crippen LogP contribution in [0.25, 0.3) is 10.1 Å². The number of benzene rings is 2. The van der Waals surface area contributed by atoms with Crippen molar-refractivity contribution >= 4 is 31.4 Å². The van der Waals surface area contributed by atoms with E-state index in [1.165, 1.54) is 4.70 Å². The Morgan fingerprint density at radius 2 is 1.76 bits per heavy atom. The van der Waals surface area contributed by atoms with Gasteiger partial charge in [-0.3, -0.25) is 0 Å². The molecule has 1 N–H and O–H groups in total. The third kappa shape index (κ3) is 3.15. The molecule has 0 spiro atoms. The van der Waals surface area contributed by atoms with E-state index in [2.05, 4.69) is 4.72 Å². The van der Waals surface area contributed by atoms with Crippen LogP contribution in [-0.4, -0.2) is 8.42 Å². The quantitative estimate of drug-likeness (QED) is 0.797. The first-order chi connectivity index (χ1) is 10.0. The van der Waals surface area contributed by atoms with Crippen LogP contribution in [0.5, 0.6) is 0 Å². The van der Waals surface area contributed by atoms with Gasteiger partial charge in [-0.05, 0) is 36.6 Å². The summed E-state index contributed by atoms with van der Waals surface area (Å²) in [6.45, 7) is 2.25. The first-order valence-electron chi connectivity index (χ1n) is 6.58. The van der Waals surface area contributed by atoms with Crippen molar-refractivity contribution in [1.82, 2.24) is 4.72 Å². The average Bonchev–Trinajstić information content (AvgIpc) is 2.89. The van der Waals surface area contributed by atoms with Crippen LogP contribution in [0.15, 0.2) is 59.5 Å². The predicted molar refractivity (Wildman–Crippen MR) is 87.0 cm³/mol. The molecular formula is C16H15NO2S2. The molecule has 0 saturated carbocycles. The summed E-state index contributed by atoms with van der Waals surface area (Å²) in [5, 5.41) is 1.15. The van der Waals surface area contributed by atoms with Gasteiger partial charge in [-0.2, -0.15) is 0 Å². The molecule has 0 saturated heterocycles. The summed E-state index contributed by atoms with van der Waals surface area (Å²) in [5.74, 6) is 0. The SMILES string of the molecule is Cc1ccc(S(=O)(=O)NCc2cc3ccccc3s2)cc1. The van der Waals surface area contributed by atoms with E-state index in [9.17, 15) is 8.42 Å². The molecule has 5 heteroatoms. The van der Waals surface area contributed by atoms with Crippen molar-refractivity contribution in [1.29, 1.82) is 0 Å². The van der Waals surface area contributed by atoms with E-state index in [1.807, 2.05) is 37.3 Å². The molecule has 0 fully saturated rings. The van der Waals surface area contributed by atoms with Crippen molar-refractivity contribution in [3.8, 4) is 0 Å². The highest BCUT2D eigenvalue weighted by atomic mass is 32.2. The second-order valence-corrected chi connectivity index (χ2v) is 7.82. The van der Waals surface area contributed by atoms with Crippen LogP contribution in [0.4, 0.5) is 0 Å². The van der Waals surface area contributed by atoms with Crippen LogP contribution in [0.1, 0.15) is 10.4 Å². The van der Waals surface area contributed by atoms with E-state index >= 15 is 0 Å². The molecule has 3 aromatic rings. The van der Waals surface area contributed by atoms with Gasteiger partial charge in [0.1, 0.15) is 0 Å². The molecule has 0 radical (unpaired) electrons. The lowest BCUT2D eigenvalue weighted by Gasteiger charge is -2.05. The molecular weight excluding hydrogens is 302 g/mol. The molecule has 2 aromatic carbocycles. The van der Waals surface area contributed by atoms with Gasteiger partial charge in [0.15, 0.2) is 0 Å². The van der Waals surface area contributed by atoms with Gasteiger partial charge in [0, 0.05) is 16.1 Å². The molecule has 1 aromatic heterocycles. The van der Waals surface area contributed by atoms with E-state index in [1.54, 1.807) is 35.6 Å². The fourth-order valence-electron chi connectivity index (χ4n) is 2.09. The highest BCUT2D eigenvalue weighted by Crippen LogP contribution is 2.25. The number of thiophene rings is 1. The molecule has 108 valence electrons. The van der Waals surface area contributed by atoms with Crippen LogP contribution < -0.4 is 4.72 Å². The molecule has 0 atom stereocenters. The maximum absolute atomic E-state index is 12.2. The highest BCUT2D eigenvalue weighted by Gasteiger charge is 2.13. The maximum atomic E-state index is 12.2. The summed E-state index contributed by atoms with van der Waals surface area (Å²) in [5.41, 5.74) is 1.04. The third-order valence-corrected chi connectivity index (χ3v) is 5.78. The number of sulfonamides is 1. The predicted octanol–water partition coefficient (Wildman–Crippen LogP) is 3.69. The Bertz CT molecular complexity index is 832. The van der Waals surface area contributed by atoms with Crippen molar-refractivity contribution in [2.45, 2.75) is 18.4 Å². The number of rotatable bonds is 4. The fraction of sp³-hybridized carbons (Fsp3) is 0.125. The number of hydrogen-bond donors (Lipinski definition) is 1. The first-order valence-corrected chi connectivity index (χ1v) is 8.88. The van der Waals surface area contributed by atoms with Crippen LogP contribution >= 0.6 is 11.3 Å². The number of fused-ring (bicyclic) bond motifs is 1. The summed E-state index contributed by atoms with van der Waals surface area (Å²) in [7, 11) is -3.46. The molecule has 3 rings (SSSR count). The van der Waals surface area contributed by atoms with Crippen molar-refractivity contribution < 1.29 is 8.42 Å². The zero-order chi connectivity index (χ0) is 14.9. The van der Waals surface area contributed by atoms with E-state index < -0.39 is 10.0 Å². The fourth-order valence-corrected chi connectivity index (χ4v) is 4.19. The minimum Gasteiger partial charge on any atom is -0.207 e. The lowest BCUT2D eigenvalue weighted by molar-refractivity contribution is 0.582. The zero-order valence-electron chi connectivity index (χ0n) is 11.5.